The molecule has 2 aliphatic rings. The van der Waals surface area contributed by atoms with Crippen molar-refractivity contribution in [1.82, 2.24) is 19.6 Å². The first-order valence-electron chi connectivity index (χ1n) is 13.5. The Balaban J connectivity index is 1.58. The molecule has 2 aliphatic heterocycles. The fourth-order valence-electron chi connectivity index (χ4n) is 5.50. The Morgan fingerprint density at radius 1 is 1.10 bits per heavy atom. The van der Waals surface area contributed by atoms with Gasteiger partial charge in [0, 0.05) is 51.0 Å². The molecule has 0 bridgehead atoms. The summed E-state index contributed by atoms with van der Waals surface area (Å²) >= 11 is -2.20. The SMILES string of the molecule is CCc1c(C(=O)N2CCOCC2)nn(-c2cccc(CN3CCC(OC)CC3)c2)c1-c1ccccc1S(=O)O. The number of carbonyl (C=O) groups is 1. The molecule has 3 aromatic rings. The molecule has 1 atom stereocenters. The van der Waals surface area contributed by atoms with Crippen molar-refractivity contribution >= 4 is 17.0 Å². The predicted octanol–water partition coefficient (Wildman–Crippen LogP) is 3.77. The second-order valence-corrected chi connectivity index (χ2v) is 10.9. The van der Waals surface area contributed by atoms with Crippen LogP contribution in [0.15, 0.2) is 53.4 Å². The lowest BCUT2D eigenvalue weighted by Gasteiger charge is -2.31. The van der Waals surface area contributed by atoms with Crippen LogP contribution in [0, 0.1) is 0 Å². The Labute approximate surface area is 232 Å². The number of benzene rings is 2. The van der Waals surface area contributed by atoms with E-state index in [0.29, 0.717) is 55.8 Å². The fourth-order valence-corrected chi connectivity index (χ4v) is 6.05. The molecule has 1 unspecified atom stereocenters. The molecular weight excluding hydrogens is 516 g/mol. The van der Waals surface area contributed by atoms with Crippen molar-refractivity contribution < 1.29 is 23.0 Å². The Morgan fingerprint density at radius 2 is 1.85 bits per heavy atom. The molecule has 9 nitrogen and oxygen atoms in total. The molecule has 39 heavy (non-hydrogen) atoms. The zero-order chi connectivity index (χ0) is 27.4. The predicted molar refractivity (Wildman–Crippen MR) is 149 cm³/mol. The van der Waals surface area contributed by atoms with E-state index in [1.54, 1.807) is 28.8 Å². The van der Waals surface area contributed by atoms with Crippen LogP contribution in [-0.4, -0.2) is 86.9 Å². The van der Waals surface area contributed by atoms with E-state index in [4.69, 9.17) is 14.6 Å². The van der Waals surface area contributed by atoms with Crippen LogP contribution < -0.4 is 0 Å². The topological polar surface area (TPSA) is 97.1 Å². The maximum atomic E-state index is 13.7. The molecule has 5 rings (SSSR count). The third-order valence-electron chi connectivity index (χ3n) is 7.60. The highest BCUT2D eigenvalue weighted by Gasteiger charge is 2.29. The molecule has 0 spiro atoms. The molecule has 10 heteroatoms. The van der Waals surface area contributed by atoms with Gasteiger partial charge < -0.3 is 18.9 Å². The van der Waals surface area contributed by atoms with Crippen LogP contribution in [0.3, 0.4) is 0 Å². The number of nitrogens with zero attached hydrogens (tertiary/aromatic N) is 4. The highest BCUT2D eigenvalue weighted by molar-refractivity contribution is 7.79. The summed E-state index contributed by atoms with van der Waals surface area (Å²) in [4.78, 5) is 18.2. The van der Waals surface area contributed by atoms with Gasteiger partial charge in [-0.15, -0.1) is 0 Å². The van der Waals surface area contributed by atoms with Gasteiger partial charge in [0.05, 0.1) is 35.6 Å². The molecule has 3 heterocycles. The maximum absolute atomic E-state index is 13.7. The molecule has 2 saturated heterocycles. The molecule has 0 saturated carbocycles. The van der Waals surface area contributed by atoms with Crippen LogP contribution in [0.25, 0.3) is 16.9 Å². The standard InChI is InChI=1S/C29H36N4O5S/c1-3-24-27(29(34)32-15-17-38-18-16-32)30-33(28(24)25-9-4-5-10-26(25)39(35)36)22-8-6-7-21(19-22)20-31-13-11-23(37-2)12-14-31/h4-10,19,23H,3,11-18,20H2,1-2H3,(H,35,36). The number of carbonyl (C=O) groups excluding carboxylic acids is 1. The van der Waals surface area contributed by atoms with E-state index in [0.717, 1.165) is 49.3 Å². The summed E-state index contributed by atoms with van der Waals surface area (Å²) in [5.74, 6) is -0.144. The van der Waals surface area contributed by atoms with Crippen LogP contribution in [-0.2, 0) is 33.5 Å². The Bertz CT molecular complexity index is 1330. The molecule has 0 radical (unpaired) electrons. The first-order valence-corrected chi connectivity index (χ1v) is 14.6. The maximum Gasteiger partial charge on any atom is 0.274 e. The van der Waals surface area contributed by atoms with Crippen LogP contribution in [0.5, 0.6) is 0 Å². The highest BCUT2D eigenvalue weighted by atomic mass is 32.2. The molecule has 2 fully saturated rings. The third kappa shape index (κ3) is 6.00. The molecule has 1 amide bonds. The third-order valence-corrected chi connectivity index (χ3v) is 8.33. The normalized spacial score (nSPS) is 17.9. The summed E-state index contributed by atoms with van der Waals surface area (Å²) in [6, 6.07) is 15.2. The summed E-state index contributed by atoms with van der Waals surface area (Å²) in [6.07, 6.45) is 2.90. The van der Waals surface area contributed by atoms with E-state index in [2.05, 4.69) is 17.0 Å². The van der Waals surface area contributed by atoms with Crippen LogP contribution in [0.4, 0.5) is 0 Å². The summed E-state index contributed by atoms with van der Waals surface area (Å²) in [5, 5.41) is 4.89. The minimum Gasteiger partial charge on any atom is -0.381 e. The van der Waals surface area contributed by atoms with Gasteiger partial charge in [0.1, 0.15) is 0 Å². The molecule has 1 N–H and O–H groups in total. The lowest BCUT2D eigenvalue weighted by molar-refractivity contribution is 0.0298. The highest BCUT2D eigenvalue weighted by Crippen LogP contribution is 2.34. The van der Waals surface area contributed by atoms with Gasteiger partial charge in [-0.1, -0.05) is 37.3 Å². The number of rotatable bonds is 8. The molecule has 0 aliphatic carbocycles. The number of hydrogen-bond donors (Lipinski definition) is 1. The summed E-state index contributed by atoms with van der Waals surface area (Å²) in [5.41, 5.74) is 4.35. The number of piperidine rings is 1. The Hall–Kier alpha value is -2.89. The molecule has 208 valence electrons. The quantitative estimate of drug-likeness (QED) is 0.425. The van der Waals surface area contributed by atoms with Gasteiger partial charge in [0.15, 0.2) is 16.8 Å². The van der Waals surface area contributed by atoms with Gasteiger partial charge in [0.2, 0.25) is 0 Å². The zero-order valence-corrected chi connectivity index (χ0v) is 23.4. The largest absolute Gasteiger partial charge is 0.381 e. The van der Waals surface area contributed by atoms with Crippen LogP contribution in [0.2, 0.25) is 0 Å². The van der Waals surface area contributed by atoms with Crippen molar-refractivity contribution in [1.29, 1.82) is 0 Å². The van der Waals surface area contributed by atoms with E-state index >= 15 is 0 Å². The minimum absolute atomic E-state index is 0.144. The average Bonchev–Trinajstić information content (AvgIpc) is 3.37. The molecule has 2 aromatic carbocycles. The van der Waals surface area contributed by atoms with Crippen molar-refractivity contribution in [3.05, 3.63) is 65.4 Å². The summed E-state index contributed by atoms with van der Waals surface area (Å²) in [7, 11) is 1.78. The lowest BCUT2D eigenvalue weighted by Crippen LogP contribution is -2.41. The lowest BCUT2D eigenvalue weighted by atomic mass is 10.0. The van der Waals surface area contributed by atoms with Crippen molar-refractivity contribution in [2.24, 2.45) is 0 Å². The second kappa shape index (κ2) is 12.5. The van der Waals surface area contributed by atoms with Gasteiger partial charge >= 0.3 is 0 Å². The van der Waals surface area contributed by atoms with Gasteiger partial charge in [-0.3, -0.25) is 9.69 Å². The monoisotopic (exact) mass is 552 g/mol. The van der Waals surface area contributed by atoms with E-state index < -0.39 is 11.1 Å². The number of hydrogen-bond acceptors (Lipinski definition) is 6. The summed E-state index contributed by atoms with van der Waals surface area (Å²) < 4.78 is 35.2. The van der Waals surface area contributed by atoms with Crippen molar-refractivity contribution in [2.45, 2.75) is 43.7 Å². The summed E-state index contributed by atoms with van der Waals surface area (Å²) in [6.45, 7) is 6.76. The molecular formula is C29H36N4O5S. The van der Waals surface area contributed by atoms with Gasteiger partial charge in [-0.05, 0) is 43.0 Å². The van der Waals surface area contributed by atoms with Gasteiger partial charge in [-0.2, -0.15) is 5.10 Å². The van der Waals surface area contributed by atoms with E-state index in [1.807, 2.05) is 31.2 Å². The Morgan fingerprint density at radius 3 is 2.54 bits per heavy atom. The Kier molecular flexibility index (Phi) is 8.89. The number of methoxy groups -OCH3 is 1. The fraction of sp³-hybridized carbons (Fsp3) is 0.448. The smallest absolute Gasteiger partial charge is 0.274 e. The first kappa shape index (κ1) is 27.7. The van der Waals surface area contributed by atoms with E-state index in [9.17, 15) is 13.6 Å². The van der Waals surface area contributed by atoms with Gasteiger partial charge in [0.25, 0.3) is 5.91 Å². The van der Waals surface area contributed by atoms with Crippen molar-refractivity contribution in [3.63, 3.8) is 0 Å². The van der Waals surface area contributed by atoms with Crippen LogP contribution >= 0.6 is 0 Å². The second-order valence-electron chi connectivity index (χ2n) is 9.97. The number of amides is 1. The average molecular weight is 553 g/mol. The number of ether oxygens (including phenoxy) is 2. The number of morpholine rings is 1. The van der Waals surface area contributed by atoms with Gasteiger partial charge in [-0.25, -0.2) is 8.89 Å². The van der Waals surface area contributed by atoms with E-state index in [-0.39, 0.29) is 10.8 Å². The van der Waals surface area contributed by atoms with Crippen molar-refractivity contribution in [3.8, 4) is 16.9 Å². The van der Waals surface area contributed by atoms with Crippen molar-refractivity contribution in [2.75, 3.05) is 46.5 Å². The first-order chi connectivity index (χ1) is 19.0. The van der Waals surface area contributed by atoms with Crippen LogP contribution in [0.1, 0.15) is 41.4 Å². The zero-order valence-electron chi connectivity index (χ0n) is 22.5. The number of likely N-dealkylation sites (tertiary alicyclic amines) is 1. The minimum atomic E-state index is -2.20. The molecule has 1 aromatic heterocycles. The van der Waals surface area contributed by atoms with E-state index in [1.165, 1.54) is 0 Å². The number of aromatic nitrogens is 2.